The molecular formula is C28H34N4O4. The number of oxime groups is 1. The molecule has 190 valence electrons. The van der Waals surface area contributed by atoms with Gasteiger partial charge in [-0.05, 0) is 67.3 Å². The van der Waals surface area contributed by atoms with Crippen LogP contribution in [-0.2, 0) is 11.3 Å². The monoisotopic (exact) mass is 490 g/mol. The van der Waals surface area contributed by atoms with E-state index in [1.54, 1.807) is 20.3 Å². The molecule has 36 heavy (non-hydrogen) atoms. The number of primary amides is 1. The number of carbonyl (C=O) groups is 1. The van der Waals surface area contributed by atoms with Crippen molar-refractivity contribution in [2.45, 2.75) is 38.1 Å². The number of hydrogen-bond acceptors (Lipinski definition) is 6. The quantitative estimate of drug-likeness (QED) is 0.503. The SMILES string of the molecule is CON=C1CCCOc2cc(OC)c(CCN3CCC(n4ccc5ccc(C(N)=O)cc54)CC3)cc21. The van der Waals surface area contributed by atoms with Gasteiger partial charge < -0.3 is 29.5 Å². The first-order chi connectivity index (χ1) is 17.6. The molecule has 0 aliphatic carbocycles. The van der Waals surface area contributed by atoms with Crippen LogP contribution in [0.15, 0.2) is 47.8 Å². The third-order valence-corrected chi connectivity index (χ3v) is 7.37. The predicted molar refractivity (Wildman–Crippen MR) is 140 cm³/mol. The maximum atomic E-state index is 11.7. The van der Waals surface area contributed by atoms with Crippen LogP contribution in [0, 0.1) is 0 Å². The molecule has 8 nitrogen and oxygen atoms in total. The standard InChI is InChI=1S/C28H34N4O4/c1-34-26-18-27-23(24(30-35-2)4-3-15-36-27)16-20(26)7-11-31-12-9-22(10-13-31)32-14-8-19-5-6-21(28(29)33)17-25(19)32/h5-6,8,14,16-18,22H,3-4,7,9-13,15H2,1-2H3,(H2,29,33). The molecule has 2 N–H and O–H groups in total. The summed E-state index contributed by atoms with van der Waals surface area (Å²) < 4.78 is 14.0. The molecule has 1 amide bonds. The maximum Gasteiger partial charge on any atom is 0.248 e. The highest BCUT2D eigenvalue weighted by Crippen LogP contribution is 2.34. The molecule has 0 spiro atoms. The summed E-state index contributed by atoms with van der Waals surface area (Å²) in [4.78, 5) is 19.3. The van der Waals surface area contributed by atoms with E-state index in [4.69, 9.17) is 20.0 Å². The summed E-state index contributed by atoms with van der Waals surface area (Å²) in [7, 11) is 3.29. The van der Waals surface area contributed by atoms with Gasteiger partial charge in [0.25, 0.3) is 0 Å². The minimum Gasteiger partial charge on any atom is -0.496 e. The molecule has 1 aromatic heterocycles. The molecule has 0 atom stereocenters. The van der Waals surface area contributed by atoms with E-state index in [0.717, 1.165) is 91.0 Å². The highest BCUT2D eigenvalue weighted by Gasteiger charge is 2.23. The lowest BCUT2D eigenvalue weighted by Crippen LogP contribution is -2.35. The Kier molecular flexibility index (Phi) is 7.13. The van der Waals surface area contributed by atoms with E-state index in [0.29, 0.717) is 18.2 Å². The number of benzene rings is 2. The normalized spacial score (nSPS) is 18.0. The van der Waals surface area contributed by atoms with Crippen molar-refractivity contribution in [2.75, 3.05) is 40.5 Å². The molecule has 3 heterocycles. The van der Waals surface area contributed by atoms with Gasteiger partial charge in [-0.25, -0.2) is 0 Å². The van der Waals surface area contributed by atoms with Gasteiger partial charge in [0, 0.05) is 54.6 Å². The van der Waals surface area contributed by atoms with Crippen LogP contribution >= 0.6 is 0 Å². The Balaban J connectivity index is 1.26. The van der Waals surface area contributed by atoms with Crippen molar-refractivity contribution in [3.8, 4) is 11.5 Å². The summed E-state index contributed by atoms with van der Waals surface area (Å²) >= 11 is 0. The smallest absolute Gasteiger partial charge is 0.248 e. The first-order valence-corrected chi connectivity index (χ1v) is 12.6. The maximum absolute atomic E-state index is 11.7. The van der Waals surface area contributed by atoms with Crippen molar-refractivity contribution >= 4 is 22.5 Å². The second-order valence-corrected chi connectivity index (χ2v) is 9.52. The number of piperidine rings is 1. The van der Waals surface area contributed by atoms with Crippen LogP contribution in [0.3, 0.4) is 0 Å². The number of likely N-dealkylation sites (tertiary alicyclic amines) is 1. The Hall–Kier alpha value is -3.52. The van der Waals surface area contributed by atoms with Crippen molar-refractivity contribution in [1.29, 1.82) is 0 Å². The van der Waals surface area contributed by atoms with Crippen molar-refractivity contribution in [3.05, 3.63) is 59.3 Å². The van der Waals surface area contributed by atoms with Gasteiger partial charge in [0.05, 0.1) is 19.4 Å². The van der Waals surface area contributed by atoms with Crippen molar-refractivity contribution in [3.63, 3.8) is 0 Å². The summed E-state index contributed by atoms with van der Waals surface area (Å²) in [5.41, 5.74) is 10.2. The summed E-state index contributed by atoms with van der Waals surface area (Å²) in [6.45, 7) is 3.66. The molecule has 1 saturated heterocycles. The second kappa shape index (κ2) is 10.6. The Morgan fingerprint density at radius 3 is 2.75 bits per heavy atom. The van der Waals surface area contributed by atoms with Crippen LogP contribution in [0.25, 0.3) is 10.9 Å². The molecule has 2 aliphatic rings. The third kappa shape index (κ3) is 4.91. The van der Waals surface area contributed by atoms with E-state index in [-0.39, 0.29) is 5.91 Å². The molecule has 0 saturated carbocycles. The lowest BCUT2D eigenvalue weighted by atomic mass is 9.99. The topological polar surface area (TPSA) is 91.3 Å². The van der Waals surface area contributed by atoms with Gasteiger partial charge in [-0.15, -0.1) is 0 Å². The van der Waals surface area contributed by atoms with Gasteiger partial charge >= 0.3 is 0 Å². The van der Waals surface area contributed by atoms with Gasteiger partial charge in [0.2, 0.25) is 5.91 Å². The van der Waals surface area contributed by atoms with E-state index in [9.17, 15) is 4.79 Å². The lowest BCUT2D eigenvalue weighted by Gasteiger charge is -2.33. The molecule has 3 aromatic rings. The van der Waals surface area contributed by atoms with Gasteiger partial charge in [-0.1, -0.05) is 11.2 Å². The van der Waals surface area contributed by atoms with E-state index in [1.165, 1.54) is 0 Å². The molecule has 0 unspecified atom stereocenters. The molecule has 0 bridgehead atoms. The Morgan fingerprint density at radius 1 is 1.17 bits per heavy atom. The first-order valence-electron chi connectivity index (χ1n) is 12.6. The number of methoxy groups -OCH3 is 1. The van der Waals surface area contributed by atoms with E-state index in [2.05, 4.69) is 33.0 Å². The largest absolute Gasteiger partial charge is 0.496 e. The summed E-state index contributed by atoms with van der Waals surface area (Å²) in [5.74, 6) is 1.27. The Bertz CT molecular complexity index is 1270. The van der Waals surface area contributed by atoms with Crippen LogP contribution in [0.5, 0.6) is 11.5 Å². The Morgan fingerprint density at radius 2 is 2.00 bits per heavy atom. The number of nitrogens with two attached hydrogens (primary N) is 1. The minimum atomic E-state index is -0.389. The number of aromatic nitrogens is 1. The molecule has 8 heteroatoms. The van der Waals surface area contributed by atoms with Crippen LogP contribution < -0.4 is 15.2 Å². The van der Waals surface area contributed by atoms with Gasteiger partial charge in [-0.3, -0.25) is 4.79 Å². The molecule has 0 radical (unpaired) electrons. The molecule has 5 rings (SSSR count). The van der Waals surface area contributed by atoms with Crippen molar-refractivity contribution in [2.24, 2.45) is 10.9 Å². The number of carbonyl (C=O) groups excluding carboxylic acids is 1. The van der Waals surface area contributed by atoms with Gasteiger partial charge in [-0.2, -0.15) is 0 Å². The average Bonchev–Trinajstić information content (AvgIpc) is 3.23. The Labute approximate surface area is 211 Å². The van der Waals surface area contributed by atoms with Gasteiger partial charge in [0.15, 0.2) is 0 Å². The molecular weight excluding hydrogens is 456 g/mol. The second-order valence-electron chi connectivity index (χ2n) is 9.52. The number of fused-ring (bicyclic) bond motifs is 2. The number of ether oxygens (including phenoxy) is 2. The van der Waals surface area contributed by atoms with E-state index in [1.807, 2.05) is 18.2 Å². The number of nitrogens with zero attached hydrogens (tertiary/aromatic N) is 3. The predicted octanol–water partition coefficient (Wildman–Crippen LogP) is 4.15. The third-order valence-electron chi connectivity index (χ3n) is 7.37. The number of rotatable bonds is 7. The first kappa shape index (κ1) is 24.2. The summed E-state index contributed by atoms with van der Waals surface area (Å²) in [6, 6.07) is 12.4. The van der Waals surface area contributed by atoms with E-state index < -0.39 is 0 Å². The average molecular weight is 491 g/mol. The van der Waals surface area contributed by atoms with Crippen molar-refractivity contribution < 1.29 is 19.1 Å². The highest BCUT2D eigenvalue weighted by atomic mass is 16.6. The fourth-order valence-corrected chi connectivity index (χ4v) is 5.42. The number of hydrogen-bond donors (Lipinski definition) is 1. The molecule has 2 aromatic carbocycles. The zero-order chi connectivity index (χ0) is 25.1. The zero-order valence-corrected chi connectivity index (χ0v) is 21.0. The summed E-state index contributed by atoms with van der Waals surface area (Å²) in [5, 5.41) is 5.40. The fraction of sp³-hybridized carbons (Fsp3) is 0.429. The number of amides is 1. The van der Waals surface area contributed by atoms with Crippen LogP contribution in [0.4, 0.5) is 0 Å². The van der Waals surface area contributed by atoms with Crippen LogP contribution in [0.2, 0.25) is 0 Å². The summed E-state index contributed by atoms with van der Waals surface area (Å²) in [6.07, 6.45) is 6.88. The lowest BCUT2D eigenvalue weighted by molar-refractivity contribution is 0.100. The highest BCUT2D eigenvalue weighted by molar-refractivity contribution is 6.03. The molecule has 1 fully saturated rings. The van der Waals surface area contributed by atoms with E-state index >= 15 is 0 Å². The minimum absolute atomic E-state index is 0.389. The van der Waals surface area contributed by atoms with Crippen LogP contribution in [-0.4, -0.2) is 61.5 Å². The van der Waals surface area contributed by atoms with Crippen LogP contribution in [0.1, 0.15) is 53.2 Å². The zero-order valence-electron chi connectivity index (χ0n) is 21.0. The molecule has 2 aliphatic heterocycles. The van der Waals surface area contributed by atoms with Gasteiger partial charge in [0.1, 0.15) is 18.6 Å². The van der Waals surface area contributed by atoms with Crippen molar-refractivity contribution in [1.82, 2.24) is 9.47 Å². The fourth-order valence-electron chi connectivity index (χ4n) is 5.42.